The van der Waals surface area contributed by atoms with Gasteiger partial charge in [0.1, 0.15) is 11.4 Å². The zero-order valence-corrected chi connectivity index (χ0v) is 15.8. The van der Waals surface area contributed by atoms with Crippen LogP contribution in [-0.2, 0) is 4.74 Å². The maximum atomic E-state index is 14.2. The maximum absolute atomic E-state index is 14.2. The first-order valence-corrected chi connectivity index (χ1v) is 9.55. The van der Waals surface area contributed by atoms with Gasteiger partial charge < -0.3 is 25.7 Å². The normalized spacial score (nSPS) is 14.0. The van der Waals surface area contributed by atoms with E-state index in [1.165, 1.54) is 28.8 Å². The van der Waals surface area contributed by atoms with Crippen LogP contribution in [0, 0.1) is 5.82 Å². The Bertz CT molecular complexity index is 975. The Labute approximate surface area is 163 Å². The summed E-state index contributed by atoms with van der Waals surface area (Å²) in [6.45, 7) is 1.52. The lowest BCUT2D eigenvalue weighted by molar-refractivity contribution is 0.0300. The molecule has 148 valence electrons. The van der Waals surface area contributed by atoms with Crippen LogP contribution in [-0.4, -0.2) is 59.2 Å². The van der Waals surface area contributed by atoms with Crippen LogP contribution >= 0.6 is 11.8 Å². The fraction of sp³-hybridized carbons (Fsp3) is 0.294. The van der Waals surface area contributed by atoms with Crippen LogP contribution in [0.4, 0.5) is 15.9 Å². The van der Waals surface area contributed by atoms with Gasteiger partial charge in [0.25, 0.3) is 17.4 Å². The zero-order valence-electron chi connectivity index (χ0n) is 15.0. The molecule has 4 N–H and O–H groups in total. The van der Waals surface area contributed by atoms with E-state index in [1.54, 1.807) is 6.26 Å². The fourth-order valence-electron chi connectivity index (χ4n) is 2.71. The van der Waals surface area contributed by atoms with Gasteiger partial charge in [0.15, 0.2) is 11.0 Å². The number of hydrogen-bond acceptors (Lipinski definition) is 7. The molecule has 2 amide bonds. The number of nitrogens with one attached hydrogen (secondary N) is 2. The number of morpholine rings is 1. The highest BCUT2D eigenvalue weighted by atomic mass is 32.2. The summed E-state index contributed by atoms with van der Waals surface area (Å²) in [6.07, 6.45) is 1.70. The molecule has 1 aromatic carbocycles. The van der Waals surface area contributed by atoms with E-state index in [1.807, 2.05) is 0 Å². The number of thioether (sulfide) groups is 1. The van der Waals surface area contributed by atoms with Crippen molar-refractivity contribution >= 4 is 35.1 Å². The second kappa shape index (κ2) is 8.40. The van der Waals surface area contributed by atoms with Gasteiger partial charge in [0, 0.05) is 18.8 Å². The number of halogens is 1. The molecule has 0 saturated carbocycles. The average Bonchev–Trinajstić information content (AvgIpc) is 2.68. The summed E-state index contributed by atoms with van der Waals surface area (Å²) in [5.74, 6) is -2.18. The number of hydrogen-bond donors (Lipinski definition) is 3. The Morgan fingerprint density at radius 1 is 1.36 bits per heavy atom. The fourth-order valence-corrected chi connectivity index (χ4v) is 3.09. The van der Waals surface area contributed by atoms with Crippen molar-refractivity contribution in [2.24, 2.45) is 5.73 Å². The van der Waals surface area contributed by atoms with E-state index in [2.05, 4.69) is 15.3 Å². The van der Waals surface area contributed by atoms with Gasteiger partial charge in [0.05, 0.1) is 18.8 Å². The predicted octanol–water partition coefficient (Wildman–Crippen LogP) is 0.946. The molecule has 1 aliphatic heterocycles. The Balaban J connectivity index is 1.96. The summed E-state index contributed by atoms with van der Waals surface area (Å²) in [6, 6.07) is 3.81. The van der Waals surface area contributed by atoms with E-state index < -0.39 is 23.2 Å². The molecule has 1 aliphatic rings. The van der Waals surface area contributed by atoms with E-state index in [0.717, 1.165) is 6.07 Å². The Morgan fingerprint density at radius 3 is 2.71 bits per heavy atom. The summed E-state index contributed by atoms with van der Waals surface area (Å²) in [4.78, 5) is 44.4. The van der Waals surface area contributed by atoms with Crippen molar-refractivity contribution in [2.45, 2.75) is 5.16 Å². The molecule has 2 heterocycles. The minimum absolute atomic E-state index is 0.0722. The van der Waals surface area contributed by atoms with Gasteiger partial charge in [-0.1, -0.05) is 11.8 Å². The number of rotatable bonds is 5. The maximum Gasteiger partial charge on any atom is 0.266 e. The van der Waals surface area contributed by atoms with Crippen molar-refractivity contribution in [3.8, 4) is 0 Å². The summed E-state index contributed by atoms with van der Waals surface area (Å²) < 4.78 is 19.5. The number of primary amides is 1. The van der Waals surface area contributed by atoms with E-state index in [-0.39, 0.29) is 27.8 Å². The van der Waals surface area contributed by atoms with Gasteiger partial charge in [-0.05, 0) is 24.5 Å². The number of amides is 2. The van der Waals surface area contributed by atoms with Gasteiger partial charge >= 0.3 is 0 Å². The highest BCUT2D eigenvalue weighted by molar-refractivity contribution is 7.98. The van der Waals surface area contributed by atoms with Crippen LogP contribution in [0.2, 0.25) is 0 Å². The van der Waals surface area contributed by atoms with Crippen LogP contribution < -0.4 is 16.6 Å². The van der Waals surface area contributed by atoms with Gasteiger partial charge in [0.2, 0.25) is 0 Å². The lowest BCUT2D eigenvalue weighted by atomic mass is 10.1. The molecule has 3 rings (SSSR count). The lowest BCUT2D eigenvalue weighted by Crippen LogP contribution is -2.41. The highest BCUT2D eigenvalue weighted by Gasteiger charge is 2.23. The first kappa shape index (κ1) is 19.8. The number of benzene rings is 1. The quantitative estimate of drug-likeness (QED) is 0.497. The van der Waals surface area contributed by atoms with Crippen molar-refractivity contribution in [1.29, 1.82) is 0 Å². The van der Waals surface area contributed by atoms with E-state index in [4.69, 9.17) is 10.5 Å². The number of carbonyl (C=O) groups is 2. The number of nitrogens with two attached hydrogens (primary N) is 1. The lowest BCUT2D eigenvalue weighted by Gasteiger charge is -2.27. The van der Waals surface area contributed by atoms with Crippen LogP contribution in [0.5, 0.6) is 0 Å². The third kappa shape index (κ3) is 4.15. The minimum Gasteiger partial charge on any atom is -0.378 e. The molecule has 0 aliphatic carbocycles. The Kier molecular flexibility index (Phi) is 5.95. The summed E-state index contributed by atoms with van der Waals surface area (Å²) >= 11 is 1.17. The zero-order chi connectivity index (χ0) is 20.3. The van der Waals surface area contributed by atoms with Crippen molar-refractivity contribution in [1.82, 2.24) is 14.9 Å². The van der Waals surface area contributed by atoms with Crippen molar-refractivity contribution in [2.75, 3.05) is 37.9 Å². The molecule has 1 aromatic heterocycles. The third-order valence-corrected chi connectivity index (χ3v) is 4.68. The third-order valence-electron chi connectivity index (χ3n) is 4.10. The van der Waals surface area contributed by atoms with Crippen molar-refractivity contribution in [3.63, 3.8) is 0 Å². The van der Waals surface area contributed by atoms with Crippen molar-refractivity contribution in [3.05, 3.63) is 45.5 Å². The molecule has 11 heteroatoms. The van der Waals surface area contributed by atoms with E-state index in [9.17, 15) is 18.8 Å². The summed E-state index contributed by atoms with van der Waals surface area (Å²) in [5, 5.41) is 3.06. The Morgan fingerprint density at radius 2 is 2.07 bits per heavy atom. The first-order chi connectivity index (χ1) is 13.4. The largest absolute Gasteiger partial charge is 0.378 e. The van der Waals surface area contributed by atoms with Gasteiger partial charge in [-0.15, -0.1) is 0 Å². The molecule has 1 saturated heterocycles. The molecule has 0 unspecified atom stereocenters. The molecule has 28 heavy (non-hydrogen) atoms. The van der Waals surface area contributed by atoms with Crippen LogP contribution in [0.25, 0.3) is 0 Å². The standard InChI is InChI=1S/C17H18FN5O4S/c1-28-17-21-14(12(13(19)24)15(25)22-17)20-9-2-3-11(18)10(8-9)16(26)23-4-6-27-7-5-23/h2-3,8H,4-7H2,1H3,(H2,19,24)(H2,20,21,22,25). The van der Waals surface area contributed by atoms with Crippen molar-refractivity contribution < 1.29 is 18.7 Å². The van der Waals surface area contributed by atoms with Gasteiger partial charge in [-0.25, -0.2) is 9.37 Å². The molecule has 9 nitrogen and oxygen atoms in total. The second-order valence-electron chi connectivity index (χ2n) is 5.89. The number of anilines is 2. The molecular weight excluding hydrogens is 389 g/mol. The predicted molar refractivity (Wildman–Crippen MR) is 102 cm³/mol. The number of H-pyrrole nitrogens is 1. The van der Waals surface area contributed by atoms with Crippen LogP contribution in [0.1, 0.15) is 20.7 Å². The smallest absolute Gasteiger partial charge is 0.266 e. The van der Waals surface area contributed by atoms with Gasteiger partial charge in [-0.2, -0.15) is 0 Å². The minimum atomic E-state index is -0.962. The number of ether oxygens (including phenoxy) is 1. The Hall–Kier alpha value is -2.92. The molecule has 0 bridgehead atoms. The molecule has 0 atom stereocenters. The topological polar surface area (TPSA) is 130 Å². The van der Waals surface area contributed by atoms with E-state index >= 15 is 0 Å². The van der Waals surface area contributed by atoms with E-state index in [0.29, 0.717) is 26.3 Å². The number of nitrogens with zero attached hydrogens (tertiary/aromatic N) is 2. The highest BCUT2D eigenvalue weighted by Crippen LogP contribution is 2.22. The number of aromatic nitrogens is 2. The molecule has 1 fully saturated rings. The molecule has 2 aromatic rings. The summed E-state index contributed by atoms with van der Waals surface area (Å²) in [7, 11) is 0. The SMILES string of the molecule is CSc1nc(Nc2ccc(F)c(C(=O)N3CCOCC3)c2)c(C(N)=O)c(=O)[nH]1. The molecule has 0 spiro atoms. The number of carbonyl (C=O) groups excluding carboxylic acids is 2. The molecule has 0 radical (unpaired) electrons. The molecular formula is C17H18FN5O4S. The van der Waals surface area contributed by atoms with Crippen LogP contribution in [0.3, 0.4) is 0 Å². The monoisotopic (exact) mass is 407 g/mol. The van der Waals surface area contributed by atoms with Crippen LogP contribution in [0.15, 0.2) is 28.2 Å². The number of aromatic amines is 1. The first-order valence-electron chi connectivity index (χ1n) is 8.32. The average molecular weight is 407 g/mol. The second-order valence-corrected chi connectivity index (χ2v) is 6.68. The summed E-state index contributed by atoms with van der Waals surface area (Å²) in [5.41, 5.74) is 4.38. The van der Waals surface area contributed by atoms with Gasteiger partial charge in [-0.3, -0.25) is 14.4 Å².